The van der Waals surface area contributed by atoms with Gasteiger partial charge in [0.05, 0.1) is 0 Å². The van der Waals surface area contributed by atoms with Gasteiger partial charge in [0.25, 0.3) is 0 Å². The molecule has 1 aromatic rings. The predicted octanol–water partition coefficient (Wildman–Crippen LogP) is 2.74. The Morgan fingerprint density at radius 3 is 2.35 bits per heavy atom. The third-order valence-electron chi connectivity index (χ3n) is 3.77. The second-order valence-electron chi connectivity index (χ2n) is 5.47. The van der Waals surface area contributed by atoms with Crippen LogP contribution in [0.15, 0.2) is 0 Å². The zero-order valence-electron chi connectivity index (χ0n) is 13.4. The van der Waals surface area contributed by atoms with Crippen LogP contribution in [0.4, 0.5) is 11.6 Å². The lowest BCUT2D eigenvalue weighted by atomic mass is 9.94. The molecule has 0 spiro atoms. The third-order valence-corrected chi connectivity index (χ3v) is 3.77. The van der Waals surface area contributed by atoms with Crippen molar-refractivity contribution in [1.29, 1.82) is 0 Å². The lowest BCUT2D eigenvalue weighted by Gasteiger charge is -2.30. The zero-order valence-corrected chi connectivity index (χ0v) is 13.4. The van der Waals surface area contributed by atoms with E-state index < -0.39 is 0 Å². The largest absolute Gasteiger partial charge is 0.396 e. The van der Waals surface area contributed by atoms with Crippen LogP contribution in [0.3, 0.4) is 0 Å². The van der Waals surface area contributed by atoms with Gasteiger partial charge in [-0.25, -0.2) is 9.97 Å². The highest BCUT2D eigenvalue weighted by Crippen LogP contribution is 2.26. The lowest BCUT2D eigenvalue weighted by Crippen LogP contribution is -2.36. The maximum Gasteiger partial charge on any atom is 0.135 e. The third kappa shape index (κ3) is 4.07. The lowest BCUT2D eigenvalue weighted by molar-refractivity contribution is 0.251. The van der Waals surface area contributed by atoms with Crippen molar-refractivity contribution in [1.82, 2.24) is 9.97 Å². The van der Waals surface area contributed by atoms with Crippen LogP contribution in [0.25, 0.3) is 0 Å². The van der Waals surface area contributed by atoms with E-state index in [4.69, 9.17) is 0 Å². The summed E-state index contributed by atoms with van der Waals surface area (Å²) in [4.78, 5) is 9.17. The van der Waals surface area contributed by atoms with E-state index in [0.717, 1.165) is 42.3 Å². The number of anilines is 2. The highest BCUT2D eigenvalue weighted by molar-refractivity contribution is 5.58. The van der Waals surface area contributed by atoms with Gasteiger partial charge in [0.2, 0.25) is 0 Å². The SMILES string of the molecule is CCCc1nc(NC)c(C)c(NC(C)(CC)CCO)n1. The number of nitrogens with one attached hydrogen (secondary N) is 2. The Morgan fingerprint density at radius 1 is 1.20 bits per heavy atom. The Balaban J connectivity index is 3.11. The summed E-state index contributed by atoms with van der Waals surface area (Å²) in [5.41, 5.74) is 0.868. The normalized spacial score (nSPS) is 13.9. The molecule has 0 aliphatic rings. The molecule has 0 saturated carbocycles. The molecular weight excluding hydrogens is 252 g/mol. The summed E-state index contributed by atoms with van der Waals surface area (Å²) < 4.78 is 0. The summed E-state index contributed by atoms with van der Waals surface area (Å²) in [6.07, 6.45) is 3.51. The number of hydrogen-bond donors (Lipinski definition) is 3. The molecule has 1 unspecified atom stereocenters. The molecule has 1 aromatic heterocycles. The summed E-state index contributed by atoms with van der Waals surface area (Å²) >= 11 is 0. The van der Waals surface area contributed by atoms with Crippen LogP contribution in [0.2, 0.25) is 0 Å². The number of hydrogen-bond acceptors (Lipinski definition) is 5. The van der Waals surface area contributed by atoms with Crippen LogP contribution in [0, 0.1) is 6.92 Å². The Bertz CT molecular complexity index is 436. The number of aliphatic hydroxyl groups is 1. The average Bonchev–Trinajstić information content (AvgIpc) is 2.42. The number of aryl methyl sites for hydroxylation is 1. The van der Waals surface area contributed by atoms with Crippen molar-refractivity contribution in [2.24, 2.45) is 0 Å². The highest BCUT2D eigenvalue weighted by atomic mass is 16.3. The van der Waals surface area contributed by atoms with Gasteiger partial charge in [0.15, 0.2) is 0 Å². The molecule has 0 aliphatic carbocycles. The van der Waals surface area contributed by atoms with Gasteiger partial charge in [0, 0.05) is 31.2 Å². The first-order valence-electron chi connectivity index (χ1n) is 7.44. The van der Waals surface area contributed by atoms with Gasteiger partial charge in [-0.15, -0.1) is 0 Å². The molecule has 5 heteroatoms. The van der Waals surface area contributed by atoms with Crippen molar-refractivity contribution in [3.63, 3.8) is 0 Å². The Hall–Kier alpha value is -1.36. The zero-order chi connectivity index (χ0) is 15.2. The molecular formula is C15H28N4O. The fraction of sp³-hybridized carbons (Fsp3) is 0.733. The van der Waals surface area contributed by atoms with Gasteiger partial charge >= 0.3 is 0 Å². The molecule has 1 heterocycles. The summed E-state index contributed by atoms with van der Waals surface area (Å²) in [6.45, 7) is 8.53. The molecule has 1 rings (SSSR count). The molecule has 0 saturated heterocycles. The molecule has 114 valence electrons. The van der Waals surface area contributed by atoms with Crippen LogP contribution in [-0.4, -0.2) is 34.3 Å². The number of aromatic nitrogens is 2. The standard InChI is InChI=1S/C15H28N4O/c1-6-8-12-17-13(16-5)11(3)14(18-12)19-15(4,7-2)9-10-20/h20H,6-10H2,1-5H3,(H2,16,17,18,19). The molecule has 0 radical (unpaired) electrons. The molecule has 0 aliphatic heterocycles. The van der Waals surface area contributed by atoms with Crippen LogP contribution in [0.5, 0.6) is 0 Å². The smallest absolute Gasteiger partial charge is 0.135 e. The van der Waals surface area contributed by atoms with E-state index in [1.165, 1.54) is 0 Å². The van der Waals surface area contributed by atoms with Crippen molar-refractivity contribution < 1.29 is 5.11 Å². The highest BCUT2D eigenvalue weighted by Gasteiger charge is 2.23. The minimum atomic E-state index is -0.150. The van der Waals surface area contributed by atoms with Crippen LogP contribution < -0.4 is 10.6 Å². The molecule has 0 fully saturated rings. The predicted molar refractivity (Wildman–Crippen MR) is 84.3 cm³/mol. The molecule has 3 N–H and O–H groups in total. The van der Waals surface area contributed by atoms with Crippen LogP contribution in [0.1, 0.15) is 51.4 Å². The number of nitrogens with zero attached hydrogens (tertiary/aromatic N) is 2. The van der Waals surface area contributed by atoms with Gasteiger partial charge in [-0.05, 0) is 33.1 Å². The van der Waals surface area contributed by atoms with E-state index in [-0.39, 0.29) is 12.1 Å². The summed E-state index contributed by atoms with van der Waals surface area (Å²) in [5.74, 6) is 2.59. The molecule has 5 nitrogen and oxygen atoms in total. The van der Waals surface area contributed by atoms with Crippen molar-refractivity contribution >= 4 is 11.6 Å². The minimum absolute atomic E-state index is 0.150. The summed E-state index contributed by atoms with van der Waals surface area (Å²) in [7, 11) is 1.88. The van der Waals surface area contributed by atoms with E-state index in [1.54, 1.807) is 0 Å². The van der Waals surface area contributed by atoms with E-state index in [2.05, 4.69) is 41.4 Å². The molecule has 1 atom stereocenters. The van der Waals surface area contributed by atoms with E-state index in [0.29, 0.717) is 6.42 Å². The molecule has 0 aromatic carbocycles. The first kappa shape index (κ1) is 16.7. The first-order valence-corrected chi connectivity index (χ1v) is 7.44. The van der Waals surface area contributed by atoms with Gasteiger partial charge in [-0.1, -0.05) is 13.8 Å². The van der Waals surface area contributed by atoms with Crippen molar-refractivity contribution in [3.8, 4) is 0 Å². The Kier molecular flexibility index (Phi) is 6.20. The molecule has 0 amide bonds. The van der Waals surface area contributed by atoms with Gasteiger partial charge in [0.1, 0.15) is 17.5 Å². The van der Waals surface area contributed by atoms with Crippen molar-refractivity contribution in [2.45, 2.75) is 58.9 Å². The van der Waals surface area contributed by atoms with Gasteiger partial charge < -0.3 is 15.7 Å². The molecule has 0 bridgehead atoms. The fourth-order valence-corrected chi connectivity index (χ4v) is 2.12. The summed E-state index contributed by atoms with van der Waals surface area (Å²) in [5, 5.41) is 15.9. The average molecular weight is 280 g/mol. The van der Waals surface area contributed by atoms with Gasteiger partial charge in [-0.3, -0.25) is 0 Å². The van der Waals surface area contributed by atoms with E-state index in [1.807, 2.05) is 14.0 Å². The maximum atomic E-state index is 9.23. The number of rotatable bonds is 8. The minimum Gasteiger partial charge on any atom is -0.396 e. The Morgan fingerprint density at radius 2 is 1.85 bits per heavy atom. The second-order valence-corrected chi connectivity index (χ2v) is 5.47. The maximum absolute atomic E-state index is 9.23. The van der Waals surface area contributed by atoms with Crippen LogP contribution >= 0.6 is 0 Å². The van der Waals surface area contributed by atoms with Crippen molar-refractivity contribution in [3.05, 3.63) is 11.4 Å². The second kappa shape index (κ2) is 7.43. The van der Waals surface area contributed by atoms with Crippen molar-refractivity contribution in [2.75, 3.05) is 24.3 Å². The monoisotopic (exact) mass is 280 g/mol. The van der Waals surface area contributed by atoms with Gasteiger partial charge in [-0.2, -0.15) is 0 Å². The van der Waals surface area contributed by atoms with E-state index in [9.17, 15) is 5.11 Å². The summed E-state index contributed by atoms with van der Waals surface area (Å²) in [6, 6.07) is 0. The first-order chi connectivity index (χ1) is 9.49. The van der Waals surface area contributed by atoms with Crippen LogP contribution in [-0.2, 0) is 6.42 Å². The molecule has 20 heavy (non-hydrogen) atoms. The Labute approximate surface area is 122 Å². The fourth-order valence-electron chi connectivity index (χ4n) is 2.12. The van der Waals surface area contributed by atoms with E-state index >= 15 is 0 Å². The number of aliphatic hydroxyl groups excluding tert-OH is 1. The topological polar surface area (TPSA) is 70.1 Å². The quantitative estimate of drug-likeness (QED) is 0.683.